The van der Waals surface area contributed by atoms with Crippen LogP contribution < -0.4 is 5.32 Å². The molecule has 0 radical (unpaired) electrons. The Morgan fingerprint density at radius 3 is 2.96 bits per heavy atom. The van der Waals surface area contributed by atoms with Crippen LogP contribution in [0.4, 0.5) is 13.9 Å². The molecule has 0 aliphatic heterocycles. The third-order valence-electron chi connectivity index (χ3n) is 3.60. The number of carbonyl (C=O) groups is 1. The van der Waals surface area contributed by atoms with Crippen LogP contribution in [-0.4, -0.2) is 26.7 Å². The lowest BCUT2D eigenvalue weighted by atomic mass is 10.1. The molecule has 0 bridgehead atoms. The molecule has 136 valence electrons. The number of nitrogens with one attached hydrogen (secondary N) is 1. The van der Waals surface area contributed by atoms with Crippen LogP contribution in [0.1, 0.15) is 28.2 Å². The predicted octanol–water partition coefficient (Wildman–Crippen LogP) is 4.83. The molecule has 0 atom stereocenters. The molecule has 1 aromatic carbocycles. The number of carbonyl (C=O) groups excluding carboxylic acids is 1. The number of rotatable bonds is 6. The number of benzene rings is 1. The van der Waals surface area contributed by atoms with Crippen molar-refractivity contribution in [1.82, 2.24) is 14.5 Å². The Hall–Kier alpha value is -2.26. The number of alkyl halides is 2. The summed E-state index contributed by atoms with van der Waals surface area (Å²) in [7, 11) is 0. The number of hydrogen-bond acceptors (Lipinski definition) is 5. The van der Waals surface area contributed by atoms with Gasteiger partial charge in [-0.1, -0.05) is 23.5 Å². The van der Waals surface area contributed by atoms with Gasteiger partial charge in [0.25, 0.3) is 5.91 Å². The van der Waals surface area contributed by atoms with Crippen LogP contribution in [0.5, 0.6) is 0 Å². The number of nitrogens with zero attached hydrogens (tertiary/aromatic N) is 3. The molecule has 1 N–H and O–H groups in total. The number of anilines is 1. The molecule has 0 fully saturated rings. The molecular formula is C17H16F2N4OS2. The minimum absolute atomic E-state index is 0.137. The van der Waals surface area contributed by atoms with Crippen molar-refractivity contribution in [2.24, 2.45) is 0 Å². The minimum Gasteiger partial charge on any atom is -0.298 e. The van der Waals surface area contributed by atoms with Gasteiger partial charge in [-0.2, -0.15) is 20.5 Å². The van der Waals surface area contributed by atoms with Crippen molar-refractivity contribution in [2.75, 3.05) is 11.6 Å². The molecule has 0 aliphatic rings. The molecule has 2 aromatic heterocycles. The number of aromatic nitrogens is 3. The van der Waals surface area contributed by atoms with Gasteiger partial charge in [0.15, 0.2) is 11.0 Å². The van der Waals surface area contributed by atoms with Crippen molar-refractivity contribution in [2.45, 2.75) is 19.2 Å². The average Bonchev–Trinajstić information content (AvgIpc) is 3.22. The van der Waals surface area contributed by atoms with Crippen molar-refractivity contribution in [3.05, 3.63) is 53.5 Å². The molecule has 0 spiro atoms. The summed E-state index contributed by atoms with van der Waals surface area (Å²) in [6.07, 6.45) is 4.53. The molecule has 0 saturated carbocycles. The largest absolute Gasteiger partial charge is 0.320 e. The zero-order valence-electron chi connectivity index (χ0n) is 14.1. The minimum atomic E-state index is -2.69. The summed E-state index contributed by atoms with van der Waals surface area (Å²) >= 11 is 2.80. The lowest BCUT2D eigenvalue weighted by Crippen LogP contribution is -2.11. The summed E-state index contributed by atoms with van der Waals surface area (Å²) in [6.45, 7) is -0.989. The Morgan fingerprint density at radius 1 is 1.42 bits per heavy atom. The topological polar surface area (TPSA) is 59.8 Å². The van der Waals surface area contributed by atoms with Crippen LogP contribution in [0.15, 0.2) is 36.7 Å². The number of amides is 1. The van der Waals surface area contributed by atoms with E-state index in [0.29, 0.717) is 21.3 Å². The summed E-state index contributed by atoms with van der Waals surface area (Å²) in [4.78, 5) is 21.2. The van der Waals surface area contributed by atoms with Crippen LogP contribution in [-0.2, 0) is 5.75 Å². The highest BCUT2D eigenvalue weighted by Crippen LogP contribution is 2.33. The number of imidazole rings is 1. The SMILES string of the molecule is CSCc1cccc(C(=O)Nc2nc(C)c(-c3nccn3C(F)F)s2)c1. The standard InChI is InChI=1S/C17H16F2N4OS2/c1-10-13(14-20-6-7-23(14)16(18)19)26-17(21-10)22-15(24)12-5-3-4-11(8-12)9-25-2/h3-8,16H,9H2,1-2H3,(H,21,22,24). The molecule has 0 aliphatic carbocycles. The van der Waals surface area contributed by atoms with Crippen molar-refractivity contribution in [3.8, 4) is 10.7 Å². The number of aryl methyl sites for hydroxylation is 1. The van der Waals surface area contributed by atoms with E-state index in [2.05, 4.69) is 15.3 Å². The van der Waals surface area contributed by atoms with Crippen LogP contribution >= 0.6 is 23.1 Å². The number of hydrogen-bond donors (Lipinski definition) is 1. The van der Waals surface area contributed by atoms with Crippen LogP contribution in [0.25, 0.3) is 10.7 Å². The first kappa shape index (κ1) is 18.5. The highest BCUT2D eigenvalue weighted by Gasteiger charge is 2.19. The van der Waals surface area contributed by atoms with Gasteiger partial charge in [0.1, 0.15) is 0 Å². The Balaban J connectivity index is 1.82. The van der Waals surface area contributed by atoms with E-state index in [1.165, 1.54) is 12.4 Å². The molecule has 9 heteroatoms. The van der Waals surface area contributed by atoms with E-state index in [-0.39, 0.29) is 11.7 Å². The summed E-state index contributed by atoms with van der Waals surface area (Å²) in [5, 5.41) is 3.09. The summed E-state index contributed by atoms with van der Waals surface area (Å²) in [5.74, 6) is 0.667. The molecule has 1 amide bonds. The Bertz CT molecular complexity index is 923. The maximum Gasteiger partial charge on any atom is 0.320 e. The van der Waals surface area contributed by atoms with Gasteiger partial charge >= 0.3 is 6.55 Å². The monoisotopic (exact) mass is 394 g/mol. The van der Waals surface area contributed by atoms with E-state index >= 15 is 0 Å². The molecule has 26 heavy (non-hydrogen) atoms. The van der Waals surface area contributed by atoms with E-state index in [9.17, 15) is 13.6 Å². The Kier molecular flexibility index (Phi) is 5.67. The van der Waals surface area contributed by atoms with Crippen LogP contribution in [0, 0.1) is 6.92 Å². The smallest absolute Gasteiger partial charge is 0.298 e. The first-order valence-corrected chi connectivity index (χ1v) is 9.88. The first-order chi connectivity index (χ1) is 12.5. The van der Waals surface area contributed by atoms with E-state index in [0.717, 1.165) is 27.2 Å². The third-order valence-corrected chi connectivity index (χ3v) is 5.29. The maximum absolute atomic E-state index is 13.1. The summed E-state index contributed by atoms with van der Waals surface area (Å²) < 4.78 is 26.9. The molecule has 3 aromatic rings. The quantitative estimate of drug-likeness (QED) is 0.651. The van der Waals surface area contributed by atoms with Crippen LogP contribution in [0.3, 0.4) is 0 Å². The van der Waals surface area contributed by atoms with Crippen molar-refractivity contribution < 1.29 is 13.6 Å². The van der Waals surface area contributed by atoms with Gasteiger partial charge in [0, 0.05) is 23.7 Å². The van der Waals surface area contributed by atoms with Crippen molar-refractivity contribution in [1.29, 1.82) is 0 Å². The van der Waals surface area contributed by atoms with Crippen molar-refractivity contribution >= 4 is 34.1 Å². The van der Waals surface area contributed by atoms with Gasteiger partial charge in [0.05, 0.1) is 10.6 Å². The van der Waals surface area contributed by atoms with E-state index < -0.39 is 6.55 Å². The van der Waals surface area contributed by atoms with E-state index in [1.54, 1.807) is 24.8 Å². The highest BCUT2D eigenvalue weighted by molar-refractivity contribution is 7.97. The summed E-state index contributed by atoms with van der Waals surface area (Å²) in [6, 6.07) is 7.35. The molecule has 5 nitrogen and oxygen atoms in total. The maximum atomic E-state index is 13.1. The third kappa shape index (κ3) is 3.94. The predicted molar refractivity (Wildman–Crippen MR) is 101 cm³/mol. The van der Waals surface area contributed by atoms with Crippen molar-refractivity contribution in [3.63, 3.8) is 0 Å². The summed E-state index contributed by atoms with van der Waals surface area (Å²) in [5.41, 5.74) is 2.12. The fraction of sp³-hybridized carbons (Fsp3) is 0.235. The van der Waals surface area contributed by atoms with Gasteiger partial charge in [-0.05, 0) is 30.9 Å². The second kappa shape index (κ2) is 7.96. The van der Waals surface area contributed by atoms with Gasteiger partial charge in [-0.15, -0.1) is 0 Å². The molecule has 2 heterocycles. The average molecular weight is 394 g/mol. The number of thioether (sulfide) groups is 1. The van der Waals surface area contributed by atoms with Crippen LogP contribution in [0.2, 0.25) is 0 Å². The lowest BCUT2D eigenvalue weighted by Gasteiger charge is -2.05. The number of thiazole rings is 1. The second-order valence-corrected chi connectivity index (χ2v) is 7.32. The second-order valence-electron chi connectivity index (χ2n) is 5.46. The highest BCUT2D eigenvalue weighted by atomic mass is 32.2. The van der Waals surface area contributed by atoms with Gasteiger partial charge in [0.2, 0.25) is 0 Å². The zero-order chi connectivity index (χ0) is 18.7. The lowest BCUT2D eigenvalue weighted by molar-refractivity contribution is 0.0720. The number of halogens is 2. The molecule has 3 rings (SSSR count). The zero-order valence-corrected chi connectivity index (χ0v) is 15.7. The molecule has 0 unspecified atom stereocenters. The molecular weight excluding hydrogens is 378 g/mol. The Labute approximate surface area is 157 Å². The van der Waals surface area contributed by atoms with E-state index in [4.69, 9.17) is 0 Å². The van der Waals surface area contributed by atoms with E-state index in [1.807, 2.05) is 24.5 Å². The normalized spacial score (nSPS) is 11.1. The Morgan fingerprint density at radius 2 is 2.23 bits per heavy atom. The van der Waals surface area contributed by atoms with Gasteiger partial charge in [-0.3, -0.25) is 14.7 Å². The fourth-order valence-electron chi connectivity index (χ4n) is 2.44. The fourth-order valence-corrected chi connectivity index (χ4v) is 3.92. The molecule has 0 saturated heterocycles. The van der Waals surface area contributed by atoms with Gasteiger partial charge < -0.3 is 0 Å². The van der Waals surface area contributed by atoms with Gasteiger partial charge in [-0.25, -0.2) is 9.97 Å². The first-order valence-electron chi connectivity index (χ1n) is 7.67.